The zero-order valence-electron chi connectivity index (χ0n) is 14.3. The van der Waals surface area contributed by atoms with Gasteiger partial charge in [0, 0.05) is 17.6 Å². The fourth-order valence-electron chi connectivity index (χ4n) is 2.43. The molecule has 9 heteroatoms. The number of thioether (sulfide) groups is 1. The summed E-state index contributed by atoms with van der Waals surface area (Å²) in [5.41, 5.74) is 7.16. The van der Waals surface area contributed by atoms with Crippen molar-refractivity contribution in [1.82, 2.24) is 15.6 Å². The smallest absolute Gasteiger partial charge is 0.322 e. The summed E-state index contributed by atoms with van der Waals surface area (Å²) in [6, 6.07) is 8.31. The number of amides is 3. The Kier molecular flexibility index (Phi) is 7.05. The van der Waals surface area contributed by atoms with E-state index in [1.165, 1.54) is 0 Å². The molecule has 0 radical (unpaired) electrons. The monoisotopic (exact) mass is 378 g/mol. The minimum absolute atomic E-state index is 0.270. The summed E-state index contributed by atoms with van der Waals surface area (Å²) in [6.45, 7) is 0. The van der Waals surface area contributed by atoms with Gasteiger partial charge in [-0.15, -0.1) is 0 Å². The number of aromatic amines is 1. The van der Waals surface area contributed by atoms with E-state index in [9.17, 15) is 14.4 Å². The van der Waals surface area contributed by atoms with Crippen LogP contribution < -0.4 is 16.4 Å². The lowest BCUT2D eigenvalue weighted by molar-refractivity contribution is -0.138. The molecule has 6 N–H and O–H groups in total. The Morgan fingerprint density at radius 1 is 1.35 bits per heavy atom. The van der Waals surface area contributed by atoms with Crippen LogP contribution in [0.3, 0.4) is 0 Å². The third-order valence-electron chi connectivity index (χ3n) is 3.82. The van der Waals surface area contributed by atoms with E-state index >= 15 is 0 Å². The van der Waals surface area contributed by atoms with Crippen molar-refractivity contribution < 1.29 is 19.5 Å². The minimum atomic E-state index is -0.913. The van der Waals surface area contributed by atoms with Crippen molar-refractivity contribution in [3.05, 3.63) is 36.0 Å². The number of rotatable bonds is 6. The molecule has 1 aromatic carbocycles. The largest absolute Gasteiger partial charge is 0.480 e. The van der Waals surface area contributed by atoms with Crippen LogP contribution in [0.2, 0.25) is 0 Å². The molecule has 2 aromatic rings. The topological polar surface area (TPSA) is 137 Å². The van der Waals surface area contributed by atoms with Gasteiger partial charge in [0.05, 0.1) is 0 Å². The quantitative estimate of drug-likeness (QED) is 0.477. The molecule has 1 aliphatic heterocycles. The van der Waals surface area contributed by atoms with E-state index in [0.717, 1.165) is 22.3 Å². The number of fused-ring (bicyclic) bond motifs is 1. The molecule has 8 nitrogen and oxygen atoms in total. The molecule has 140 valence electrons. The number of para-hydroxylation sites is 1. The van der Waals surface area contributed by atoms with Crippen LogP contribution in [0, 0.1) is 0 Å². The van der Waals surface area contributed by atoms with Gasteiger partial charge in [0.25, 0.3) is 5.91 Å². The summed E-state index contributed by atoms with van der Waals surface area (Å²) in [5, 5.41) is 14.2. The van der Waals surface area contributed by atoms with Gasteiger partial charge in [0.1, 0.15) is 12.1 Å². The van der Waals surface area contributed by atoms with E-state index < -0.39 is 24.1 Å². The van der Waals surface area contributed by atoms with Crippen LogP contribution in [0.5, 0.6) is 0 Å². The van der Waals surface area contributed by atoms with E-state index in [0.29, 0.717) is 12.8 Å². The fraction of sp³-hybridized carbons (Fsp3) is 0.353. The van der Waals surface area contributed by atoms with Crippen LogP contribution in [0.4, 0.5) is 4.79 Å². The van der Waals surface area contributed by atoms with Gasteiger partial charge in [-0.2, -0.15) is 11.8 Å². The molecule has 0 saturated carbocycles. The second-order valence-electron chi connectivity index (χ2n) is 5.83. The van der Waals surface area contributed by atoms with Crippen LogP contribution >= 0.6 is 11.8 Å². The first-order valence-corrected chi connectivity index (χ1v) is 9.45. The summed E-state index contributed by atoms with van der Waals surface area (Å²) in [5.74, 6) is -0.370. The van der Waals surface area contributed by atoms with Crippen molar-refractivity contribution in [2.45, 2.75) is 24.9 Å². The highest BCUT2D eigenvalue weighted by Crippen LogP contribution is 2.16. The number of aliphatic carboxylic acids is 1. The van der Waals surface area contributed by atoms with E-state index in [1.807, 2.05) is 36.6 Å². The van der Waals surface area contributed by atoms with Crippen LogP contribution in [0.15, 0.2) is 30.3 Å². The molecule has 1 fully saturated rings. The second-order valence-corrected chi connectivity index (χ2v) is 6.81. The van der Waals surface area contributed by atoms with Crippen LogP contribution in [-0.2, 0) is 16.0 Å². The number of benzene rings is 1. The predicted octanol–water partition coefficient (Wildman–Crippen LogP) is 1.07. The third-order valence-corrected chi connectivity index (χ3v) is 4.46. The van der Waals surface area contributed by atoms with Crippen molar-refractivity contribution in [3.63, 3.8) is 0 Å². The number of carbonyl (C=O) groups is 3. The van der Waals surface area contributed by atoms with Gasteiger partial charge in [-0.1, -0.05) is 18.2 Å². The number of carbonyl (C=O) groups excluding carboxylic acids is 2. The molecule has 2 atom stereocenters. The number of hydrogen-bond donors (Lipinski definition) is 5. The molecule has 26 heavy (non-hydrogen) atoms. The number of imide groups is 1. The molecular formula is C17H22N4O4S. The maximum atomic E-state index is 11.4. The molecule has 0 bridgehead atoms. The summed E-state index contributed by atoms with van der Waals surface area (Å²) < 4.78 is 0. The van der Waals surface area contributed by atoms with Crippen LogP contribution in [-0.4, -0.2) is 52.1 Å². The van der Waals surface area contributed by atoms with Gasteiger partial charge in [0.2, 0.25) is 0 Å². The fourth-order valence-corrected chi connectivity index (χ4v) is 2.92. The van der Waals surface area contributed by atoms with Crippen LogP contribution in [0.1, 0.15) is 12.1 Å². The molecule has 3 rings (SSSR count). The van der Waals surface area contributed by atoms with Crippen LogP contribution in [0.25, 0.3) is 10.9 Å². The molecule has 0 aliphatic carbocycles. The van der Waals surface area contributed by atoms with Crippen molar-refractivity contribution in [2.75, 3.05) is 12.0 Å². The van der Waals surface area contributed by atoms with Gasteiger partial charge in [0.15, 0.2) is 0 Å². The van der Waals surface area contributed by atoms with Crippen molar-refractivity contribution in [3.8, 4) is 0 Å². The Morgan fingerprint density at radius 3 is 2.65 bits per heavy atom. The van der Waals surface area contributed by atoms with Gasteiger partial charge >= 0.3 is 12.0 Å². The predicted molar refractivity (Wildman–Crippen MR) is 101 cm³/mol. The van der Waals surface area contributed by atoms with E-state index in [1.54, 1.807) is 11.8 Å². The van der Waals surface area contributed by atoms with Gasteiger partial charge in [-0.3, -0.25) is 14.9 Å². The van der Waals surface area contributed by atoms with Gasteiger partial charge < -0.3 is 21.1 Å². The Bertz CT molecular complexity index is 759. The first kappa shape index (κ1) is 19.8. The highest BCUT2D eigenvalue weighted by atomic mass is 32.2. The lowest BCUT2D eigenvalue weighted by Crippen LogP contribution is -2.31. The molecule has 2 heterocycles. The maximum absolute atomic E-state index is 11.4. The molecular weight excluding hydrogens is 356 g/mol. The first-order chi connectivity index (χ1) is 12.4. The average Bonchev–Trinajstić information content (AvgIpc) is 3.15. The van der Waals surface area contributed by atoms with Crippen molar-refractivity contribution in [1.29, 1.82) is 0 Å². The second kappa shape index (κ2) is 9.25. The zero-order valence-corrected chi connectivity index (χ0v) is 15.1. The molecule has 1 aliphatic rings. The number of hydrogen-bond acceptors (Lipinski definition) is 5. The summed E-state index contributed by atoms with van der Waals surface area (Å²) >= 11 is 1.60. The normalized spacial score (nSPS) is 17.2. The lowest BCUT2D eigenvalue weighted by Gasteiger charge is -2.04. The standard InChI is InChI=1S/C12H11N3O2.C5H11NO2S/c16-11-10(14-12(17)15-11)6-8-5-7-3-1-2-4-9(7)13-8;1-9-3-2-4(6)5(7)8/h1-5,10,13H,6H2,(H2,14,15,16,17);4H,2-3,6H2,1H3,(H,7,8). The highest BCUT2D eigenvalue weighted by molar-refractivity contribution is 7.98. The number of carboxylic acids is 1. The highest BCUT2D eigenvalue weighted by Gasteiger charge is 2.29. The Hall–Kier alpha value is -2.52. The lowest BCUT2D eigenvalue weighted by atomic mass is 10.1. The molecule has 0 spiro atoms. The third kappa shape index (κ3) is 5.50. The maximum Gasteiger partial charge on any atom is 0.322 e. The Labute approximate surface area is 154 Å². The van der Waals surface area contributed by atoms with Crippen molar-refractivity contribution in [2.24, 2.45) is 5.73 Å². The number of nitrogens with two attached hydrogens (primary N) is 1. The molecule has 3 amide bonds. The van der Waals surface area contributed by atoms with E-state index in [2.05, 4.69) is 15.6 Å². The summed E-state index contributed by atoms with van der Waals surface area (Å²) in [4.78, 5) is 35.7. The number of urea groups is 1. The summed E-state index contributed by atoms with van der Waals surface area (Å²) in [7, 11) is 0. The van der Waals surface area contributed by atoms with E-state index in [-0.39, 0.29) is 5.91 Å². The molecule has 1 aromatic heterocycles. The summed E-state index contributed by atoms with van der Waals surface area (Å²) in [6.07, 6.45) is 2.96. The average molecular weight is 378 g/mol. The number of nitrogens with one attached hydrogen (secondary N) is 3. The number of H-pyrrole nitrogens is 1. The number of carboxylic acid groups (broad SMARTS) is 1. The van der Waals surface area contributed by atoms with E-state index in [4.69, 9.17) is 10.8 Å². The molecule has 1 saturated heterocycles. The Morgan fingerprint density at radius 2 is 2.08 bits per heavy atom. The minimum Gasteiger partial charge on any atom is -0.480 e. The zero-order chi connectivity index (χ0) is 19.1. The first-order valence-electron chi connectivity index (χ1n) is 8.06. The molecule has 2 unspecified atom stereocenters. The van der Waals surface area contributed by atoms with Gasteiger partial charge in [-0.05, 0) is 35.9 Å². The van der Waals surface area contributed by atoms with Gasteiger partial charge in [-0.25, -0.2) is 4.79 Å². The number of aromatic nitrogens is 1. The Balaban J connectivity index is 0.000000232. The van der Waals surface area contributed by atoms with Crippen molar-refractivity contribution >= 4 is 40.6 Å². The SMILES string of the molecule is CSCCC(N)C(=O)O.O=C1NC(=O)C(Cc2cc3ccccc3[nH]2)N1.